The Morgan fingerprint density at radius 1 is 1.18 bits per heavy atom. The van der Waals surface area contributed by atoms with Gasteiger partial charge in [-0.1, -0.05) is 12.1 Å². The number of hydrogen-bond acceptors (Lipinski definition) is 5. The van der Waals surface area contributed by atoms with E-state index in [-0.39, 0.29) is 24.0 Å². The zero-order valence-electron chi connectivity index (χ0n) is 16.1. The normalized spacial score (nSPS) is 14.2. The van der Waals surface area contributed by atoms with E-state index in [1.165, 1.54) is 6.07 Å². The Morgan fingerprint density at radius 3 is 2.61 bits per heavy atom. The van der Waals surface area contributed by atoms with E-state index >= 15 is 0 Å². The van der Waals surface area contributed by atoms with Crippen LogP contribution < -0.4 is 15.0 Å². The van der Waals surface area contributed by atoms with Gasteiger partial charge in [0.1, 0.15) is 6.61 Å². The van der Waals surface area contributed by atoms with Gasteiger partial charge >= 0.3 is 0 Å². The second-order valence-electron chi connectivity index (χ2n) is 6.71. The number of carbonyl (C=O) groups is 1. The van der Waals surface area contributed by atoms with Crippen LogP contribution in [0.3, 0.4) is 0 Å². The van der Waals surface area contributed by atoms with Gasteiger partial charge in [-0.2, -0.15) is 0 Å². The first kappa shape index (κ1) is 20.1. The van der Waals surface area contributed by atoms with Gasteiger partial charge in [0.05, 0.1) is 19.8 Å². The predicted molar refractivity (Wildman–Crippen MR) is 107 cm³/mol. The van der Waals surface area contributed by atoms with Crippen molar-refractivity contribution in [1.82, 2.24) is 4.90 Å². The van der Waals surface area contributed by atoms with Crippen LogP contribution in [0.4, 0.5) is 15.8 Å². The number of rotatable bonds is 8. The third-order valence-electron chi connectivity index (χ3n) is 4.51. The average molecular weight is 387 g/mol. The maximum atomic E-state index is 13.5. The molecule has 7 heteroatoms. The Labute approximate surface area is 164 Å². The lowest BCUT2D eigenvalue weighted by molar-refractivity contribution is -0.117. The van der Waals surface area contributed by atoms with Crippen molar-refractivity contribution in [2.45, 2.75) is 0 Å². The first-order chi connectivity index (χ1) is 13.6. The van der Waals surface area contributed by atoms with Gasteiger partial charge in [0, 0.05) is 31.0 Å². The third kappa shape index (κ3) is 5.94. The number of likely N-dealkylation sites (N-methyl/N-ethyl adjacent to an activating group) is 1. The number of morpholine rings is 1. The maximum absolute atomic E-state index is 13.5. The summed E-state index contributed by atoms with van der Waals surface area (Å²) < 4.78 is 24.3. The Balaban J connectivity index is 1.40. The molecule has 1 N–H and O–H groups in total. The van der Waals surface area contributed by atoms with Crippen molar-refractivity contribution in [3.05, 3.63) is 54.3 Å². The average Bonchev–Trinajstić information content (AvgIpc) is 2.70. The van der Waals surface area contributed by atoms with Gasteiger partial charge in [-0.25, -0.2) is 4.39 Å². The Morgan fingerprint density at radius 2 is 1.89 bits per heavy atom. The van der Waals surface area contributed by atoms with Crippen LogP contribution in [0.2, 0.25) is 0 Å². The summed E-state index contributed by atoms with van der Waals surface area (Å²) in [6.07, 6.45) is 0. The van der Waals surface area contributed by atoms with Crippen LogP contribution in [-0.4, -0.2) is 63.9 Å². The number of amides is 1. The van der Waals surface area contributed by atoms with E-state index in [4.69, 9.17) is 9.47 Å². The quantitative estimate of drug-likeness (QED) is 0.755. The van der Waals surface area contributed by atoms with Crippen LogP contribution in [-0.2, 0) is 9.53 Å². The number of benzene rings is 2. The van der Waals surface area contributed by atoms with Crippen LogP contribution in [0.25, 0.3) is 0 Å². The summed E-state index contributed by atoms with van der Waals surface area (Å²) in [5, 5.41) is 2.90. The molecule has 0 radical (unpaired) electrons. The first-order valence-electron chi connectivity index (χ1n) is 9.40. The van der Waals surface area contributed by atoms with E-state index in [2.05, 4.69) is 10.2 Å². The minimum absolute atomic E-state index is 0.104. The molecule has 2 aromatic rings. The third-order valence-corrected chi connectivity index (χ3v) is 4.51. The number of hydrogen-bond donors (Lipinski definition) is 1. The molecule has 150 valence electrons. The Kier molecular flexibility index (Phi) is 7.22. The molecule has 0 aromatic heterocycles. The molecule has 1 saturated heterocycles. The fourth-order valence-corrected chi connectivity index (χ4v) is 2.98. The highest BCUT2D eigenvalue weighted by Crippen LogP contribution is 2.19. The van der Waals surface area contributed by atoms with Crippen LogP contribution >= 0.6 is 0 Å². The highest BCUT2D eigenvalue weighted by molar-refractivity contribution is 5.92. The summed E-state index contributed by atoms with van der Waals surface area (Å²) in [5.41, 5.74) is 1.89. The molecule has 2 aromatic carbocycles. The van der Waals surface area contributed by atoms with Gasteiger partial charge in [-0.15, -0.1) is 0 Å². The molecule has 0 aliphatic carbocycles. The number of para-hydroxylation sites is 1. The van der Waals surface area contributed by atoms with Crippen molar-refractivity contribution < 1.29 is 18.7 Å². The van der Waals surface area contributed by atoms with Crippen molar-refractivity contribution in [2.75, 3.05) is 63.3 Å². The van der Waals surface area contributed by atoms with Gasteiger partial charge in [-0.3, -0.25) is 9.69 Å². The molecule has 1 amide bonds. The molecule has 0 bridgehead atoms. The van der Waals surface area contributed by atoms with E-state index in [1.807, 2.05) is 36.2 Å². The zero-order chi connectivity index (χ0) is 19.8. The fourth-order valence-electron chi connectivity index (χ4n) is 2.98. The van der Waals surface area contributed by atoms with Crippen molar-refractivity contribution >= 4 is 17.3 Å². The number of carbonyl (C=O) groups excluding carboxylic acids is 1. The lowest BCUT2D eigenvalue weighted by Crippen LogP contribution is -2.36. The minimum atomic E-state index is -0.386. The monoisotopic (exact) mass is 387 g/mol. The molecule has 28 heavy (non-hydrogen) atoms. The number of anilines is 2. The van der Waals surface area contributed by atoms with Gasteiger partial charge in [0.25, 0.3) is 0 Å². The highest BCUT2D eigenvalue weighted by Gasteiger charge is 2.12. The molecular weight excluding hydrogens is 361 g/mol. The number of halogens is 1. The maximum Gasteiger partial charge on any atom is 0.238 e. The van der Waals surface area contributed by atoms with E-state index in [0.29, 0.717) is 13.2 Å². The molecule has 1 fully saturated rings. The lowest BCUT2D eigenvalue weighted by atomic mass is 10.2. The van der Waals surface area contributed by atoms with Crippen molar-refractivity contribution in [3.63, 3.8) is 0 Å². The molecule has 0 unspecified atom stereocenters. The number of nitrogens with zero attached hydrogens (tertiary/aromatic N) is 2. The van der Waals surface area contributed by atoms with Gasteiger partial charge < -0.3 is 19.7 Å². The summed E-state index contributed by atoms with van der Waals surface area (Å²) in [4.78, 5) is 16.3. The molecule has 6 nitrogen and oxygen atoms in total. The molecule has 1 aliphatic heterocycles. The topological polar surface area (TPSA) is 54.0 Å². The van der Waals surface area contributed by atoms with Crippen LogP contribution in [0, 0.1) is 5.82 Å². The molecular formula is C21H26FN3O3. The molecule has 3 rings (SSSR count). The molecule has 1 heterocycles. The van der Waals surface area contributed by atoms with E-state index in [1.54, 1.807) is 18.2 Å². The summed E-state index contributed by atoms with van der Waals surface area (Å²) in [6.45, 7) is 4.29. The Bertz CT molecular complexity index is 764. The van der Waals surface area contributed by atoms with E-state index < -0.39 is 0 Å². The lowest BCUT2D eigenvalue weighted by Gasteiger charge is -2.28. The second kappa shape index (κ2) is 10.1. The van der Waals surface area contributed by atoms with Crippen LogP contribution in [0.5, 0.6) is 5.75 Å². The van der Waals surface area contributed by atoms with Crippen LogP contribution in [0.1, 0.15) is 0 Å². The smallest absolute Gasteiger partial charge is 0.238 e. The second-order valence-corrected chi connectivity index (χ2v) is 6.71. The summed E-state index contributed by atoms with van der Waals surface area (Å²) in [5.74, 6) is -0.267. The molecule has 0 atom stereocenters. The molecule has 1 aliphatic rings. The first-order valence-corrected chi connectivity index (χ1v) is 9.40. The minimum Gasteiger partial charge on any atom is -0.489 e. The van der Waals surface area contributed by atoms with Crippen LogP contribution in [0.15, 0.2) is 48.5 Å². The van der Waals surface area contributed by atoms with Crippen molar-refractivity contribution in [2.24, 2.45) is 0 Å². The zero-order valence-corrected chi connectivity index (χ0v) is 16.1. The van der Waals surface area contributed by atoms with E-state index in [0.717, 1.165) is 37.7 Å². The molecule has 0 spiro atoms. The van der Waals surface area contributed by atoms with Crippen molar-refractivity contribution in [3.8, 4) is 5.75 Å². The number of ether oxygens (including phenoxy) is 2. The highest BCUT2D eigenvalue weighted by atomic mass is 19.1. The largest absolute Gasteiger partial charge is 0.489 e. The standard InChI is InChI=1S/C21H26FN3O3/c1-24(10-15-28-20-5-3-2-4-19(20)22)16-21(26)23-17-6-8-18(9-7-17)25-11-13-27-14-12-25/h2-9H,10-16H2,1H3,(H,23,26). The van der Waals surface area contributed by atoms with Gasteiger partial charge in [-0.05, 0) is 43.4 Å². The van der Waals surface area contributed by atoms with Crippen molar-refractivity contribution in [1.29, 1.82) is 0 Å². The SMILES string of the molecule is CN(CCOc1ccccc1F)CC(=O)Nc1ccc(N2CCOCC2)cc1. The van der Waals surface area contributed by atoms with Gasteiger partial charge in [0.2, 0.25) is 5.91 Å². The molecule has 0 saturated carbocycles. The fraction of sp³-hybridized carbons (Fsp3) is 0.381. The summed E-state index contributed by atoms with van der Waals surface area (Å²) in [6, 6.07) is 14.1. The predicted octanol–water partition coefficient (Wildman–Crippen LogP) is 2.61. The Hall–Kier alpha value is -2.64. The summed E-state index contributed by atoms with van der Waals surface area (Å²) >= 11 is 0. The number of nitrogens with one attached hydrogen (secondary N) is 1. The van der Waals surface area contributed by atoms with E-state index in [9.17, 15) is 9.18 Å². The van der Waals surface area contributed by atoms with Gasteiger partial charge in [0.15, 0.2) is 11.6 Å². The summed E-state index contributed by atoms with van der Waals surface area (Å²) in [7, 11) is 1.83.